The third-order valence-electron chi connectivity index (χ3n) is 2.46. The Bertz CT molecular complexity index is 535. The van der Waals surface area contributed by atoms with E-state index in [1.54, 1.807) is 12.1 Å². The van der Waals surface area contributed by atoms with Crippen molar-refractivity contribution >= 4 is 57.8 Å². The second-order valence-corrected chi connectivity index (χ2v) is 5.30. The number of rotatable bonds is 4. The smallest absolute Gasteiger partial charge is 0.0850 e. The number of hydrogen-bond donors (Lipinski definition) is 2. The lowest BCUT2D eigenvalue weighted by Crippen LogP contribution is -2.12. The highest BCUT2D eigenvalue weighted by atomic mass is 35.5. The van der Waals surface area contributed by atoms with Crippen molar-refractivity contribution in [1.29, 1.82) is 0 Å². The van der Waals surface area contributed by atoms with Crippen molar-refractivity contribution in [1.82, 2.24) is 0 Å². The molecule has 2 rings (SSSR count). The molecule has 0 radical (unpaired) electrons. The van der Waals surface area contributed by atoms with E-state index in [9.17, 15) is 0 Å². The molecule has 0 fully saturated rings. The molecule has 6 heteroatoms. The molecule has 0 unspecified atom stereocenters. The normalized spacial score (nSPS) is 10.3. The first-order valence-electron chi connectivity index (χ1n) is 5.45. The molecule has 0 aliphatic carbocycles. The number of nitrogens with one attached hydrogen (secondary N) is 2. The van der Waals surface area contributed by atoms with Crippen molar-refractivity contribution in [2.24, 2.45) is 0 Å². The minimum Gasteiger partial charge on any atom is -0.367 e. The number of benzene rings is 2. The largest absolute Gasteiger partial charge is 0.367 e. The Hall–Kier alpha value is -0.800. The predicted molar refractivity (Wildman–Crippen MR) is 85.0 cm³/mol. The van der Waals surface area contributed by atoms with Crippen molar-refractivity contribution in [3.05, 3.63) is 56.5 Å². The van der Waals surface area contributed by atoms with Crippen molar-refractivity contribution < 1.29 is 0 Å². The lowest BCUT2D eigenvalue weighted by atomic mass is 10.3. The van der Waals surface area contributed by atoms with E-state index in [4.69, 9.17) is 46.4 Å². The van der Waals surface area contributed by atoms with Gasteiger partial charge in [-0.25, -0.2) is 0 Å². The molecule has 0 spiro atoms. The van der Waals surface area contributed by atoms with Gasteiger partial charge in [-0.2, -0.15) is 0 Å². The summed E-state index contributed by atoms with van der Waals surface area (Å²) >= 11 is 24.0. The molecule has 2 N–H and O–H groups in total. The van der Waals surface area contributed by atoms with E-state index >= 15 is 0 Å². The van der Waals surface area contributed by atoms with Crippen LogP contribution in [0.15, 0.2) is 36.4 Å². The Morgan fingerprint density at radius 1 is 0.684 bits per heavy atom. The molecule has 19 heavy (non-hydrogen) atoms. The van der Waals surface area contributed by atoms with Gasteiger partial charge < -0.3 is 10.6 Å². The van der Waals surface area contributed by atoms with Gasteiger partial charge >= 0.3 is 0 Å². The van der Waals surface area contributed by atoms with Gasteiger partial charge in [0.25, 0.3) is 0 Å². The zero-order valence-electron chi connectivity index (χ0n) is 9.68. The molecule has 2 aromatic rings. The van der Waals surface area contributed by atoms with E-state index in [2.05, 4.69) is 10.6 Å². The Balaban J connectivity index is 2.00. The third kappa shape index (κ3) is 3.61. The van der Waals surface area contributed by atoms with E-state index in [1.807, 2.05) is 24.3 Å². The van der Waals surface area contributed by atoms with E-state index < -0.39 is 0 Å². The first kappa shape index (κ1) is 14.6. The number of anilines is 2. The fraction of sp³-hybridized carbons (Fsp3) is 0.0769. The molecule has 0 aromatic heterocycles. The summed E-state index contributed by atoms with van der Waals surface area (Å²) in [6, 6.07) is 10.8. The summed E-state index contributed by atoms with van der Waals surface area (Å²) in [5, 5.41) is 8.23. The molecule has 0 aliphatic heterocycles. The van der Waals surface area contributed by atoms with Gasteiger partial charge in [-0.3, -0.25) is 0 Å². The summed E-state index contributed by atoms with van der Waals surface area (Å²) in [6.07, 6.45) is 0. The van der Waals surface area contributed by atoms with Crippen LogP contribution in [0.4, 0.5) is 11.4 Å². The molecule has 2 nitrogen and oxygen atoms in total. The highest BCUT2D eigenvalue weighted by Gasteiger charge is 2.05. The molecule has 100 valence electrons. The van der Waals surface area contributed by atoms with Crippen LogP contribution in [0.5, 0.6) is 0 Å². The van der Waals surface area contributed by atoms with Crippen LogP contribution in [0.1, 0.15) is 0 Å². The van der Waals surface area contributed by atoms with E-state index in [0.29, 0.717) is 26.8 Å². The summed E-state index contributed by atoms with van der Waals surface area (Å²) in [5.41, 5.74) is 1.50. The molecule has 0 heterocycles. The van der Waals surface area contributed by atoms with E-state index in [1.165, 1.54) is 0 Å². The molecular weight excluding hydrogens is 326 g/mol. The molecule has 0 saturated carbocycles. The molecule has 0 amide bonds. The maximum Gasteiger partial charge on any atom is 0.0850 e. The first-order chi connectivity index (χ1) is 9.09. The van der Waals surface area contributed by atoms with Crippen LogP contribution >= 0.6 is 46.4 Å². The maximum absolute atomic E-state index is 6.06. The average Bonchev–Trinajstić information content (AvgIpc) is 2.39. The van der Waals surface area contributed by atoms with Gasteiger partial charge in [-0.1, -0.05) is 58.5 Å². The summed E-state index contributed by atoms with van der Waals surface area (Å²) < 4.78 is 0. The molecule has 0 bridgehead atoms. The van der Waals surface area contributed by atoms with Crippen LogP contribution in [-0.2, 0) is 0 Å². The van der Waals surface area contributed by atoms with Crippen LogP contribution in [0.3, 0.4) is 0 Å². The fourth-order valence-corrected chi connectivity index (χ4v) is 2.25. The first-order valence-corrected chi connectivity index (χ1v) is 6.96. The Morgan fingerprint density at radius 2 is 1.11 bits per heavy atom. The third-order valence-corrected chi connectivity index (χ3v) is 4.10. The van der Waals surface area contributed by atoms with Crippen molar-refractivity contribution in [3.8, 4) is 0 Å². The van der Waals surface area contributed by atoms with E-state index in [-0.39, 0.29) is 0 Å². The molecule has 2 aromatic carbocycles. The van der Waals surface area contributed by atoms with Gasteiger partial charge in [0.05, 0.1) is 38.1 Å². The van der Waals surface area contributed by atoms with Gasteiger partial charge in [0, 0.05) is 0 Å². The summed E-state index contributed by atoms with van der Waals surface area (Å²) in [4.78, 5) is 0. The fourth-order valence-electron chi connectivity index (χ4n) is 1.52. The second kappa shape index (κ2) is 6.58. The Morgan fingerprint density at radius 3 is 1.53 bits per heavy atom. The van der Waals surface area contributed by atoms with Gasteiger partial charge in [-0.05, 0) is 24.3 Å². The maximum atomic E-state index is 6.06. The Labute approximate surface area is 131 Å². The van der Waals surface area contributed by atoms with Gasteiger partial charge in [0.1, 0.15) is 0 Å². The van der Waals surface area contributed by atoms with Gasteiger partial charge in [-0.15, -0.1) is 0 Å². The monoisotopic (exact) mass is 334 g/mol. The summed E-state index contributed by atoms with van der Waals surface area (Å²) in [7, 11) is 0. The van der Waals surface area contributed by atoms with Gasteiger partial charge in [0.2, 0.25) is 0 Å². The van der Waals surface area contributed by atoms with Crippen LogP contribution in [-0.4, -0.2) is 6.67 Å². The second-order valence-electron chi connectivity index (χ2n) is 3.73. The lowest BCUT2D eigenvalue weighted by Gasteiger charge is -2.12. The van der Waals surface area contributed by atoms with Crippen LogP contribution in [0, 0.1) is 0 Å². The molecular formula is C13H10Cl4N2. The lowest BCUT2D eigenvalue weighted by molar-refractivity contribution is 1.22. The molecule has 0 atom stereocenters. The van der Waals surface area contributed by atoms with Crippen LogP contribution < -0.4 is 10.6 Å². The standard InChI is InChI=1S/C13H10Cl4N2/c14-8-3-1-5-10(12(8)16)18-7-19-11-6-2-4-9(15)13(11)17/h1-6,18-19H,7H2. The predicted octanol–water partition coefficient (Wildman–Crippen LogP) is 5.78. The molecule has 0 aliphatic rings. The number of hydrogen-bond acceptors (Lipinski definition) is 2. The number of halogens is 4. The Kier molecular flexibility index (Phi) is 5.06. The summed E-state index contributed by atoms with van der Waals surface area (Å²) in [6.45, 7) is 0.445. The van der Waals surface area contributed by atoms with Crippen LogP contribution in [0.2, 0.25) is 20.1 Å². The minimum absolute atomic E-state index is 0.445. The van der Waals surface area contributed by atoms with Gasteiger partial charge in [0.15, 0.2) is 0 Å². The van der Waals surface area contributed by atoms with Crippen molar-refractivity contribution in [3.63, 3.8) is 0 Å². The zero-order chi connectivity index (χ0) is 13.8. The topological polar surface area (TPSA) is 24.1 Å². The van der Waals surface area contributed by atoms with Crippen molar-refractivity contribution in [2.75, 3.05) is 17.3 Å². The SMILES string of the molecule is Clc1cccc(NCNc2cccc(Cl)c2Cl)c1Cl. The highest BCUT2D eigenvalue weighted by molar-refractivity contribution is 6.44. The van der Waals surface area contributed by atoms with Crippen molar-refractivity contribution in [2.45, 2.75) is 0 Å². The average molecular weight is 336 g/mol. The molecule has 0 saturated heterocycles. The minimum atomic E-state index is 0.445. The van der Waals surface area contributed by atoms with E-state index in [0.717, 1.165) is 11.4 Å². The summed E-state index contributed by atoms with van der Waals surface area (Å²) in [5.74, 6) is 0. The zero-order valence-corrected chi connectivity index (χ0v) is 12.7. The quantitative estimate of drug-likeness (QED) is 0.692. The highest BCUT2D eigenvalue weighted by Crippen LogP contribution is 2.31. The van der Waals surface area contributed by atoms with Crippen LogP contribution in [0.25, 0.3) is 0 Å².